The van der Waals surface area contributed by atoms with Gasteiger partial charge in [-0.3, -0.25) is 9.52 Å². The molecule has 0 saturated heterocycles. The summed E-state index contributed by atoms with van der Waals surface area (Å²) >= 11 is 0. The molecular weight excluding hydrogens is 326 g/mol. The Morgan fingerprint density at radius 3 is 2.25 bits per heavy atom. The molecule has 0 heterocycles. The smallest absolute Gasteiger partial charge is 0.261 e. The highest BCUT2D eigenvalue weighted by Crippen LogP contribution is 2.23. The minimum atomic E-state index is -3.74. The number of benzene rings is 2. The maximum absolute atomic E-state index is 12.5. The molecule has 5 nitrogen and oxygen atoms in total. The van der Waals surface area contributed by atoms with E-state index >= 15 is 0 Å². The molecule has 0 amide bonds. The third-order valence-electron chi connectivity index (χ3n) is 3.39. The first-order chi connectivity index (χ1) is 11.2. The van der Waals surface area contributed by atoms with E-state index in [2.05, 4.69) is 4.72 Å². The summed E-state index contributed by atoms with van der Waals surface area (Å²) in [5, 5.41) is 0. The van der Waals surface area contributed by atoms with Crippen LogP contribution >= 0.6 is 0 Å². The van der Waals surface area contributed by atoms with Crippen molar-refractivity contribution in [1.29, 1.82) is 0 Å². The SMILES string of the molecule is CC(=O)c1ccc(C)c(NS(=O)(=O)c2ccc(OC(C)C)cc2)c1. The van der Waals surface area contributed by atoms with Crippen LogP contribution in [0.1, 0.15) is 36.7 Å². The molecule has 24 heavy (non-hydrogen) atoms. The van der Waals surface area contributed by atoms with Gasteiger partial charge in [-0.25, -0.2) is 8.42 Å². The summed E-state index contributed by atoms with van der Waals surface area (Å²) in [6.07, 6.45) is 0.0163. The largest absolute Gasteiger partial charge is 0.491 e. The zero-order valence-electron chi connectivity index (χ0n) is 14.2. The van der Waals surface area contributed by atoms with E-state index in [0.717, 1.165) is 5.56 Å². The van der Waals surface area contributed by atoms with Crippen molar-refractivity contribution in [3.8, 4) is 5.75 Å². The molecule has 0 aromatic heterocycles. The van der Waals surface area contributed by atoms with E-state index in [9.17, 15) is 13.2 Å². The van der Waals surface area contributed by atoms with Crippen molar-refractivity contribution in [3.05, 3.63) is 53.6 Å². The number of Topliss-reactive ketones (excluding diaryl/α,β-unsaturated/α-hetero) is 1. The van der Waals surface area contributed by atoms with Gasteiger partial charge in [0.1, 0.15) is 5.75 Å². The zero-order chi connectivity index (χ0) is 17.9. The van der Waals surface area contributed by atoms with Gasteiger partial charge in [0, 0.05) is 5.56 Å². The number of carbonyl (C=O) groups is 1. The molecule has 0 radical (unpaired) electrons. The van der Waals surface area contributed by atoms with Crippen LogP contribution in [0.5, 0.6) is 5.75 Å². The molecule has 2 aromatic rings. The van der Waals surface area contributed by atoms with Gasteiger partial charge in [-0.15, -0.1) is 0 Å². The fraction of sp³-hybridized carbons (Fsp3) is 0.278. The average Bonchev–Trinajstić information content (AvgIpc) is 2.49. The van der Waals surface area contributed by atoms with Gasteiger partial charge in [0.2, 0.25) is 0 Å². The number of hydrogen-bond donors (Lipinski definition) is 1. The molecular formula is C18H21NO4S. The highest BCUT2D eigenvalue weighted by atomic mass is 32.2. The molecule has 0 spiro atoms. The predicted molar refractivity (Wildman–Crippen MR) is 94.2 cm³/mol. The second-order valence-corrected chi connectivity index (χ2v) is 7.51. The molecule has 128 valence electrons. The van der Waals surface area contributed by atoms with Crippen LogP contribution in [-0.2, 0) is 10.0 Å². The van der Waals surface area contributed by atoms with Crippen LogP contribution in [0.4, 0.5) is 5.69 Å². The van der Waals surface area contributed by atoms with Crippen LogP contribution in [0.3, 0.4) is 0 Å². The highest BCUT2D eigenvalue weighted by Gasteiger charge is 2.16. The van der Waals surface area contributed by atoms with Crippen LogP contribution in [0, 0.1) is 6.92 Å². The molecule has 6 heteroatoms. The van der Waals surface area contributed by atoms with Crippen molar-refractivity contribution >= 4 is 21.5 Å². The van der Waals surface area contributed by atoms with Crippen LogP contribution in [-0.4, -0.2) is 20.3 Å². The molecule has 0 atom stereocenters. The van der Waals surface area contributed by atoms with Crippen molar-refractivity contribution in [2.75, 3.05) is 4.72 Å². The highest BCUT2D eigenvalue weighted by molar-refractivity contribution is 7.92. The second-order valence-electron chi connectivity index (χ2n) is 5.83. The summed E-state index contributed by atoms with van der Waals surface area (Å²) in [6.45, 7) is 7.02. The lowest BCUT2D eigenvalue weighted by Gasteiger charge is -2.13. The molecule has 2 aromatic carbocycles. The predicted octanol–water partition coefficient (Wildman–Crippen LogP) is 3.79. The summed E-state index contributed by atoms with van der Waals surface area (Å²) in [6, 6.07) is 11.2. The molecule has 0 unspecified atom stereocenters. The maximum Gasteiger partial charge on any atom is 0.261 e. The lowest BCUT2D eigenvalue weighted by molar-refractivity contribution is 0.101. The number of ketones is 1. The second kappa shape index (κ2) is 7.05. The number of hydrogen-bond acceptors (Lipinski definition) is 4. The minimum absolute atomic E-state index is 0.0163. The first kappa shape index (κ1) is 18.0. The van der Waals surface area contributed by atoms with Gasteiger partial charge < -0.3 is 4.74 Å². The molecule has 2 rings (SSSR count). The fourth-order valence-corrected chi connectivity index (χ4v) is 3.25. The molecule has 0 aliphatic carbocycles. The Morgan fingerprint density at radius 2 is 1.71 bits per heavy atom. The number of rotatable bonds is 6. The van der Waals surface area contributed by atoms with Crippen molar-refractivity contribution < 1.29 is 17.9 Å². The zero-order valence-corrected chi connectivity index (χ0v) is 15.0. The molecule has 0 aliphatic rings. The number of aryl methyl sites for hydroxylation is 1. The molecule has 0 fully saturated rings. The van der Waals surface area contributed by atoms with E-state index in [0.29, 0.717) is 17.0 Å². The standard InChI is InChI=1S/C18H21NO4S/c1-12(2)23-16-7-9-17(10-8-16)24(21,22)19-18-11-15(14(4)20)6-5-13(18)3/h5-12,19H,1-4H3. The van der Waals surface area contributed by atoms with E-state index < -0.39 is 10.0 Å². The lowest BCUT2D eigenvalue weighted by atomic mass is 10.1. The van der Waals surface area contributed by atoms with E-state index in [-0.39, 0.29) is 16.8 Å². The third kappa shape index (κ3) is 4.35. The monoisotopic (exact) mass is 347 g/mol. The average molecular weight is 347 g/mol. The van der Waals surface area contributed by atoms with Crippen LogP contribution in [0.15, 0.2) is 47.4 Å². The summed E-state index contributed by atoms with van der Waals surface area (Å²) in [7, 11) is -3.74. The number of carbonyl (C=O) groups excluding carboxylic acids is 1. The van der Waals surface area contributed by atoms with Gasteiger partial charge in [0.15, 0.2) is 5.78 Å². The van der Waals surface area contributed by atoms with Crippen molar-refractivity contribution in [1.82, 2.24) is 0 Å². The Kier molecular flexibility index (Phi) is 5.29. The molecule has 0 saturated carbocycles. The summed E-state index contributed by atoms with van der Waals surface area (Å²) in [5.41, 5.74) is 1.59. The van der Waals surface area contributed by atoms with E-state index in [4.69, 9.17) is 4.74 Å². The van der Waals surface area contributed by atoms with E-state index in [1.807, 2.05) is 13.8 Å². The Bertz CT molecular complexity index is 840. The number of sulfonamides is 1. The molecule has 1 N–H and O–H groups in total. The number of ether oxygens (including phenoxy) is 1. The topological polar surface area (TPSA) is 72.5 Å². The third-order valence-corrected chi connectivity index (χ3v) is 4.78. The van der Waals surface area contributed by atoms with Crippen LogP contribution in [0.25, 0.3) is 0 Å². The fourth-order valence-electron chi connectivity index (χ4n) is 2.12. The van der Waals surface area contributed by atoms with Crippen molar-refractivity contribution in [2.24, 2.45) is 0 Å². The van der Waals surface area contributed by atoms with Gasteiger partial charge in [0.05, 0.1) is 16.7 Å². The van der Waals surface area contributed by atoms with Gasteiger partial charge in [0.25, 0.3) is 10.0 Å². The quantitative estimate of drug-likeness (QED) is 0.807. The van der Waals surface area contributed by atoms with Crippen LogP contribution < -0.4 is 9.46 Å². The maximum atomic E-state index is 12.5. The molecule has 0 bridgehead atoms. The van der Waals surface area contributed by atoms with Gasteiger partial charge in [-0.05, 0) is 63.6 Å². The Hall–Kier alpha value is -2.34. The first-order valence-electron chi connectivity index (χ1n) is 7.60. The molecule has 0 aliphatic heterocycles. The van der Waals surface area contributed by atoms with Crippen LogP contribution in [0.2, 0.25) is 0 Å². The Balaban J connectivity index is 2.28. The Morgan fingerprint density at radius 1 is 1.08 bits per heavy atom. The normalized spacial score (nSPS) is 11.4. The summed E-state index contributed by atoms with van der Waals surface area (Å²) in [5.74, 6) is 0.490. The van der Waals surface area contributed by atoms with Gasteiger partial charge in [-0.1, -0.05) is 12.1 Å². The Labute approximate surface area is 142 Å². The van der Waals surface area contributed by atoms with E-state index in [1.165, 1.54) is 19.1 Å². The van der Waals surface area contributed by atoms with E-state index in [1.54, 1.807) is 37.3 Å². The van der Waals surface area contributed by atoms with Crippen molar-refractivity contribution in [3.63, 3.8) is 0 Å². The number of nitrogens with one attached hydrogen (secondary N) is 1. The minimum Gasteiger partial charge on any atom is -0.491 e. The lowest BCUT2D eigenvalue weighted by Crippen LogP contribution is -2.14. The van der Waals surface area contributed by atoms with Gasteiger partial charge >= 0.3 is 0 Å². The summed E-state index contributed by atoms with van der Waals surface area (Å²) < 4.78 is 33.1. The number of anilines is 1. The first-order valence-corrected chi connectivity index (χ1v) is 9.08. The van der Waals surface area contributed by atoms with Crippen molar-refractivity contribution in [2.45, 2.75) is 38.7 Å². The van der Waals surface area contributed by atoms with Gasteiger partial charge in [-0.2, -0.15) is 0 Å². The summed E-state index contributed by atoms with van der Waals surface area (Å²) in [4.78, 5) is 11.6.